The highest BCUT2D eigenvalue weighted by molar-refractivity contribution is 5.52. The van der Waals surface area contributed by atoms with E-state index < -0.39 is 0 Å². The molecule has 108 valence electrons. The number of ether oxygens (including phenoxy) is 1. The van der Waals surface area contributed by atoms with Crippen molar-refractivity contribution < 1.29 is 4.74 Å². The van der Waals surface area contributed by atoms with Gasteiger partial charge in [0, 0.05) is 36.8 Å². The number of aromatic nitrogens is 4. The van der Waals surface area contributed by atoms with Crippen LogP contribution in [0.4, 0.5) is 5.69 Å². The van der Waals surface area contributed by atoms with Crippen molar-refractivity contribution in [3.05, 3.63) is 48.0 Å². The standard InChI is InChI=1S/C15H17N5O/c1-3-21-15-13(5-4-6-16-15)17-8-12-9-18-14-7-11(2)19-20(14)10-12/h4-7,9-10,17H,3,8H2,1-2H3. The lowest BCUT2D eigenvalue weighted by atomic mass is 10.3. The van der Waals surface area contributed by atoms with Crippen LogP contribution >= 0.6 is 0 Å². The molecule has 0 aliphatic heterocycles. The molecule has 1 N–H and O–H groups in total. The van der Waals surface area contributed by atoms with E-state index in [0.717, 1.165) is 22.6 Å². The van der Waals surface area contributed by atoms with E-state index in [1.54, 1.807) is 10.7 Å². The molecule has 21 heavy (non-hydrogen) atoms. The van der Waals surface area contributed by atoms with Crippen LogP contribution in [-0.2, 0) is 6.54 Å². The first-order valence-corrected chi connectivity index (χ1v) is 6.89. The van der Waals surface area contributed by atoms with Crippen molar-refractivity contribution in [3.63, 3.8) is 0 Å². The van der Waals surface area contributed by atoms with E-state index in [4.69, 9.17) is 4.74 Å². The number of hydrogen-bond acceptors (Lipinski definition) is 5. The van der Waals surface area contributed by atoms with Gasteiger partial charge in [-0.05, 0) is 26.0 Å². The normalized spacial score (nSPS) is 10.8. The highest BCUT2D eigenvalue weighted by atomic mass is 16.5. The molecule has 0 aliphatic rings. The molecule has 0 saturated carbocycles. The Kier molecular flexibility index (Phi) is 3.68. The maximum Gasteiger partial charge on any atom is 0.237 e. The summed E-state index contributed by atoms with van der Waals surface area (Å²) in [5, 5.41) is 7.68. The van der Waals surface area contributed by atoms with Crippen LogP contribution in [-0.4, -0.2) is 26.2 Å². The molecule has 3 rings (SSSR count). The second-order valence-corrected chi connectivity index (χ2v) is 4.69. The van der Waals surface area contributed by atoms with E-state index in [1.807, 2.05) is 44.4 Å². The first kappa shape index (κ1) is 13.4. The third kappa shape index (κ3) is 2.94. The van der Waals surface area contributed by atoms with Gasteiger partial charge in [-0.1, -0.05) is 0 Å². The van der Waals surface area contributed by atoms with Crippen molar-refractivity contribution in [2.24, 2.45) is 0 Å². The monoisotopic (exact) mass is 283 g/mol. The number of hydrogen-bond donors (Lipinski definition) is 1. The number of nitrogens with zero attached hydrogens (tertiary/aromatic N) is 4. The average Bonchev–Trinajstić information content (AvgIpc) is 2.86. The minimum atomic E-state index is 0.589. The number of pyridine rings is 1. The molecule has 0 aromatic carbocycles. The SMILES string of the molecule is CCOc1ncccc1NCc1cnc2cc(C)nn2c1. The number of rotatable bonds is 5. The Bertz CT molecular complexity index is 753. The van der Waals surface area contributed by atoms with E-state index >= 15 is 0 Å². The van der Waals surface area contributed by atoms with E-state index in [0.29, 0.717) is 19.0 Å². The molecule has 0 bridgehead atoms. The quantitative estimate of drug-likeness (QED) is 0.779. The van der Waals surface area contributed by atoms with Crippen molar-refractivity contribution >= 4 is 11.3 Å². The Morgan fingerprint density at radius 2 is 2.24 bits per heavy atom. The van der Waals surface area contributed by atoms with Crippen LogP contribution in [0.1, 0.15) is 18.2 Å². The summed E-state index contributed by atoms with van der Waals surface area (Å²) in [7, 11) is 0. The molecule has 0 atom stereocenters. The Labute approximate surface area is 122 Å². The second kappa shape index (κ2) is 5.78. The van der Waals surface area contributed by atoms with Crippen molar-refractivity contribution in [1.82, 2.24) is 19.6 Å². The van der Waals surface area contributed by atoms with Crippen LogP contribution in [0.3, 0.4) is 0 Å². The van der Waals surface area contributed by atoms with Gasteiger partial charge >= 0.3 is 0 Å². The Morgan fingerprint density at radius 1 is 1.33 bits per heavy atom. The Balaban J connectivity index is 1.76. The Hall–Kier alpha value is -2.63. The second-order valence-electron chi connectivity index (χ2n) is 4.69. The van der Waals surface area contributed by atoms with Gasteiger partial charge in [0.1, 0.15) is 0 Å². The summed E-state index contributed by atoms with van der Waals surface area (Å²) in [5.74, 6) is 0.615. The van der Waals surface area contributed by atoms with Crippen LogP contribution < -0.4 is 10.1 Å². The minimum Gasteiger partial charge on any atom is -0.476 e. The summed E-state index contributed by atoms with van der Waals surface area (Å²) < 4.78 is 7.28. The topological polar surface area (TPSA) is 64.3 Å². The first-order valence-electron chi connectivity index (χ1n) is 6.89. The summed E-state index contributed by atoms with van der Waals surface area (Å²) in [4.78, 5) is 8.60. The Morgan fingerprint density at radius 3 is 3.10 bits per heavy atom. The van der Waals surface area contributed by atoms with Crippen molar-refractivity contribution in [2.75, 3.05) is 11.9 Å². The lowest BCUT2D eigenvalue weighted by Crippen LogP contribution is -2.05. The van der Waals surface area contributed by atoms with E-state index in [2.05, 4.69) is 20.4 Å². The van der Waals surface area contributed by atoms with Gasteiger partial charge in [0.15, 0.2) is 5.65 Å². The molecule has 0 radical (unpaired) electrons. The summed E-state index contributed by atoms with van der Waals surface area (Å²) in [5.41, 5.74) is 3.72. The minimum absolute atomic E-state index is 0.589. The van der Waals surface area contributed by atoms with Crippen LogP contribution in [0.2, 0.25) is 0 Å². The first-order chi connectivity index (χ1) is 10.3. The van der Waals surface area contributed by atoms with Crippen molar-refractivity contribution in [1.29, 1.82) is 0 Å². The molecule has 0 fully saturated rings. The predicted molar refractivity (Wildman–Crippen MR) is 80.5 cm³/mol. The van der Waals surface area contributed by atoms with Gasteiger partial charge < -0.3 is 10.1 Å². The maximum absolute atomic E-state index is 5.49. The lowest BCUT2D eigenvalue weighted by molar-refractivity contribution is 0.328. The molecule has 3 heterocycles. The van der Waals surface area contributed by atoms with Crippen LogP contribution in [0, 0.1) is 6.92 Å². The molecule has 3 aromatic rings. The molecule has 6 heteroatoms. The third-order valence-electron chi connectivity index (χ3n) is 3.02. The van der Waals surface area contributed by atoms with Crippen molar-refractivity contribution in [2.45, 2.75) is 20.4 Å². The average molecular weight is 283 g/mol. The molecule has 6 nitrogen and oxygen atoms in total. The van der Waals surface area contributed by atoms with Gasteiger partial charge in [0.2, 0.25) is 5.88 Å². The van der Waals surface area contributed by atoms with E-state index in [9.17, 15) is 0 Å². The molecule has 0 amide bonds. The molecule has 0 aliphatic carbocycles. The zero-order valence-electron chi connectivity index (χ0n) is 12.1. The van der Waals surface area contributed by atoms with Crippen LogP contribution in [0.5, 0.6) is 5.88 Å². The molecule has 3 aromatic heterocycles. The molecule has 0 unspecified atom stereocenters. The zero-order valence-corrected chi connectivity index (χ0v) is 12.1. The van der Waals surface area contributed by atoms with Gasteiger partial charge in [-0.15, -0.1) is 0 Å². The predicted octanol–water partition coefficient (Wildman–Crippen LogP) is 2.44. The highest BCUT2D eigenvalue weighted by Crippen LogP contribution is 2.21. The van der Waals surface area contributed by atoms with Crippen molar-refractivity contribution in [3.8, 4) is 5.88 Å². The fourth-order valence-corrected chi connectivity index (χ4v) is 2.10. The largest absolute Gasteiger partial charge is 0.476 e. The zero-order chi connectivity index (χ0) is 14.7. The molecule has 0 spiro atoms. The van der Waals surface area contributed by atoms with Gasteiger partial charge in [-0.2, -0.15) is 5.10 Å². The fraction of sp³-hybridized carbons (Fsp3) is 0.267. The number of fused-ring (bicyclic) bond motifs is 1. The number of anilines is 1. The van der Waals surface area contributed by atoms with E-state index in [1.165, 1.54) is 0 Å². The summed E-state index contributed by atoms with van der Waals surface area (Å²) in [6.07, 6.45) is 5.54. The summed E-state index contributed by atoms with van der Waals surface area (Å²) in [6.45, 7) is 5.12. The van der Waals surface area contributed by atoms with E-state index in [-0.39, 0.29) is 0 Å². The fourth-order valence-electron chi connectivity index (χ4n) is 2.10. The number of nitrogens with one attached hydrogen (secondary N) is 1. The van der Waals surface area contributed by atoms with Crippen LogP contribution in [0.25, 0.3) is 5.65 Å². The summed E-state index contributed by atoms with van der Waals surface area (Å²) in [6, 6.07) is 5.77. The number of aryl methyl sites for hydroxylation is 1. The van der Waals surface area contributed by atoms with Gasteiger partial charge in [0.25, 0.3) is 0 Å². The van der Waals surface area contributed by atoms with Gasteiger partial charge in [-0.3, -0.25) is 0 Å². The van der Waals surface area contributed by atoms with Gasteiger partial charge in [0.05, 0.1) is 18.0 Å². The highest BCUT2D eigenvalue weighted by Gasteiger charge is 2.05. The molecular formula is C15H17N5O. The molecule has 0 saturated heterocycles. The van der Waals surface area contributed by atoms with Gasteiger partial charge in [-0.25, -0.2) is 14.5 Å². The summed E-state index contributed by atoms with van der Waals surface area (Å²) >= 11 is 0. The maximum atomic E-state index is 5.49. The smallest absolute Gasteiger partial charge is 0.237 e. The lowest BCUT2D eigenvalue weighted by Gasteiger charge is -2.10. The molecular weight excluding hydrogens is 266 g/mol. The van der Waals surface area contributed by atoms with Crippen LogP contribution in [0.15, 0.2) is 36.8 Å². The third-order valence-corrected chi connectivity index (χ3v) is 3.02.